The number of rotatable bonds is 9. The third kappa shape index (κ3) is 6.02. The van der Waals surface area contributed by atoms with Crippen molar-refractivity contribution in [2.24, 2.45) is 0 Å². The number of nitrogens with zero attached hydrogens (tertiary/aromatic N) is 1. The Morgan fingerprint density at radius 3 is 2.50 bits per heavy atom. The Hall–Kier alpha value is -2.37. The molecule has 0 unspecified atom stereocenters. The van der Waals surface area contributed by atoms with Crippen LogP contribution in [0, 0.1) is 0 Å². The predicted molar refractivity (Wildman–Crippen MR) is 96.1 cm³/mol. The first-order valence-corrected chi connectivity index (χ1v) is 8.02. The maximum Gasteiger partial charge on any atom is 0.226 e. The van der Waals surface area contributed by atoms with Crippen LogP contribution in [-0.4, -0.2) is 37.8 Å². The molecule has 0 aliphatic heterocycles. The van der Waals surface area contributed by atoms with Gasteiger partial charge in [0, 0.05) is 25.0 Å². The summed E-state index contributed by atoms with van der Waals surface area (Å²) in [4.78, 5) is 13.9. The number of carbonyl (C=O) groups excluding carboxylic acids is 1. The van der Waals surface area contributed by atoms with Crippen LogP contribution in [0.1, 0.15) is 12.0 Å². The standard InChI is InChI=1S/C19H24N2O3/c1-21(12-13-22)18-9-7-17(8-10-18)20-19(23)11-14-24-15-16-5-3-2-4-6-16/h2-10,22H,11-15H2,1H3,(H,20,23). The first-order chi connectivity index (χ1) is 11.7. The van der Waals surface area contributed by atoms with Crippen LogP contribution >= 0.6 is 0 Å². The van der Waals surface area contributed by atoms with Crippen LogP contribution in [0.25, 0.3) is 0 Å². The molecule has 5 nitrogen and oxygen atoms in total. The molecular formula is C19H24N2O3. The molecule has 1 amide bonds. The zero-order valence-corrected chi connectivity index (χ0v) is 13.9. The Bertz CT molecular complexity index is 614. The summed E-state index contributed by atoms with van der Waals surface area (Å²) in [6.07, 6.45) is 0.318. The van der Waals surface area contributed by atoms with Crippen molar-refractivity contribution >= 4 is 17.3 Å². The van der Waals surface area contributed by atoms with E-state index < -0.39 is 0 Å². The van der Waals surface area contributed by atoms with E-state index in [4.69, 9.17) is 9.84 Å². The van der Waals surface area contributed by atoms with Gasteiger partial charge >= 0.3 is 0 Å². The van der Waals surface area contributed by atoms with E-state index in [0.717, 1.165) is 16.9 Å². The van der Waals surface area contributed by atoms with Crippen LogP contribution in [0.3, 0.4) is 0 Å². The van der Waals surface area contributed by atoms with Gasteiger partial charge in [-0.3, -0.25) is 4.79 Å². The molecule has 0 saturated carbocycles. The molecule has 0 aromatic heterocycles. The normalized spacial score (nSPS) is 10.4. The molecule has 2 aromatic rings. The fourth-order valence-electron chi connectivity index (χ4n) is 2.23. The Morgan fingerprint density at radius 2 is 1.83 bits per heavy atom. The lowest BCUT2D eigenvalue weighted by Crippen LogP contribution is -2.21. The number of likely N-dealkylation sites (N-methyl/N-ethyl adjacent to an activating group) is 1. The van der Waals surface area contributed by atoms with Gasteiger partial charge in [-0.2, -0.15) is 0 Å². The topological polar surface area (TPSA) is 61.8 Å². The molecule has 0 fully saturated rings. The van der Waals surface area contributed by atoms with Gasteiger partial charge in [0.25, 0.3) is 0 Å². The second kappa shape index (κ2) is 9.70. The van der Waals surface area contributed by atoms with Crippen molar-refractivity contribution in [3.05, 3.63) is 60.2 Å². The van der Waals surface area contributed by atoms with Crippen LogP contribution in [0.2, 0.25) is 0 Å². The summed E-state index contributed by atoms with van der Waals surface area (Å²) in [6, 6.07) is 17.4. The Morgan fingerprint density at radius 1 is 1.12 bits per heavy atom. The summed E-state index contributed by atoms with van der Waals surface area (Å²) >= 11 is 0. The quantitative estimate of drug-likeness (QED) is 0.695. The first-order valence-electron chi connectivity index (χ1n) is 8.02. The van der Waals surface area contributed by atoms with Crippen molar-refractivity contribution in [1.82, 2.24) is 0 Å². The summed E-state index contributed by atoms with van der Waals surface area (Å²) in [5, 5.41) is 11.8. The highest BCUT2D eigenvalue weighted by atomic mass is 16.5. The Balaban J connectivity index is 1.70. The van der Waals surface area contributed by atoms with E-state index in [-0.39, 0.29) is 12.5 Å². The Kier molecular flexibility index (Phi) is 7.26. The van der Waals surface area contributed by atoms with Crippen LogP contribution < -0.4 is 10.2 Å². The molecular weight excluding hydrogens is 304 g/mol. The second-order valence-electron chi connectivity index (χ2n) is 5.53. The lowest BCUT2D eigenvalue weighted by molar-refractivity contribution is -0.117. The molecule has 0 radical (unpaired) electrons. The maximum atomic E-state index is 11.9. The van der Waals surface area contributed by atoms with E-state index in [1.807, 2.05) is 66.5 Å². The van der Waals surface area contributed by atoms with Crippen molar-refractivity contribution in [1.29, 1.82) is 0 Å². The van der Waals surface area contributed by atoms with E-state index in [1.165, 1.54) is 0 Å². The Labute approximate surface area is 142 Å². The van der Waals surface area contributed by atoms with Gasteiger partial charge in [-0.1, -0.05) is 30.3 Å². The number of ether oxygens (including phenoxy) is 1. The molecule has 128 valence electrons. The van der Waals surface area contributed by atoms with E-state index in [9.17, 15) is 4.79 Å². The summed E-state index contributed by atoms with van der Waals surface area (Å²) in [5.74, 6) is -0.0699. The highest BCUT2D eigenvalue weighted by Gasteiger charge is 2.04. The number of aliphatic hydroxyl groups excluding tert-OH is 1. The van der Waals surface area contributed by atoms with Crippen LogP contribution in [-0.2, 0) is 16.1 Å². The summed E-state index contributed by atoms with van der Waals surface area (Å²) in [5.41, 5.74) is 2.85. The minimum absolute atomic E-state index is 0.0699. The molecule has 2 rings (SSSR count). The van der Waals surface area contributed by atoms with Crippen molar-refractivity contribution in [2.45, 2.75) is 13.0 Å². The maximum absolute atomic E-state index is 11.9. The molecule has 0 heterocycles. The van der Waals surface area contributed by atoms with Gasteiger partial charge in [-0.15, -0.1) is 0 Å². The number of nitrogens with one attached hydrogen (secondary N) is 1. The number of benzene rings is 2. The molecule has 0 atom stereocenters. The minimum atomic E-state index is -0.0699. The number of hydrogen-bond donors (Lipinski definition) is 2. The van der Waals surface area contributed by atoms with Crippen molar-refractivity contribution in [2.75, 3.05) is 37.0 Å². The fraction of sp³-hybridized carbons (Fsp3) is 0.316. The van der Waals surface area contributed by atoms with Gasteiger partial charge in [0.1, 0.15) is 0 Å². The van der Waals surface area contributed by atoms with Gasteiger partial charge in [0.15, 0.2) is 0 Å². The van der Waals surface area contributed by atoms with Crippen molar-refractivity contribution in [3.63, 3.8) is 0 Å². The summed E-state index contributed by atoms with van der Waals surface area (Å²) in [6.45, 7) is 1.58. The van der Waals surface area contributed by atoms with E-state index in [1.54, 1.807) is 0 Å². The lowest BCUT2D eigenvalue weighted by Gasteiger charge is -2.18. The molecule has 2 aromatic carbocycles. The largest absolute Gasteiger partial charge is 0.395 e. The second-order valence-corrected chi connectivity index (χ2v) is 5.53. The van der Waals surface area contributed by atoms with Gasteiger partial charge in [-0.25, -0.2) is 0 Å². The van der Waals surface area contributed by atoms with Crippen molar-refractivity contribution in [3.8, 4) is 0 Å². The minimum Gasteiger partial charge on any atom is -0.395 e. The van der Waals surface area contributed by atoms with E-state index >= 15 is 0 Å². The SMILES string of the molecule is CN(CCO)c1ccc(NC(=O)CCOCc2ccccc2)cc1. The van der Waals surface area contributed by atoms with Gasteiger partial charge in [-0.05, 0) is 29.8 Å². The number of aliphatic hydroxyl groups is 1. The highest BCUT2D eigenvalue weighted by Crippen LogP contribution is 2.16. The average molecular weight is 328 g/mol. The zero-order valence-electron chi connectivity index (χ0n) is 13.9. The highest BCUT2D eigenvalue weighted by molar-refractivity contribution is 5.90. The molecule has 0 bridgehead atoms. The molecule has 2 N–H and O–H groups in total. The molecule has 0 aliphatic carbocycles. The van der Waals surface area contributed by atoms with E-state index in [0.29, 0.717) is 26.2 Å². The third-order valence-corrected chi connectivity index (χ3v) is 3.61. The number of amides is 1. The van der Waals surface area contributed by atoms with Crippen LogP contribution in [0.4, 0.5) is 11.4 Å². The fourth-order valence-corrected chi connectivity index (χ4v) is 2.23. The summed E-state index contributed by atoms with van der Waals surface area (Å²) < 4.78 is 5.51. The van der Waals surface area contributed by atoms with Gasteiger partial charge < -0.3 is 20.1 Å². The first kappa shape index (κ1) is 18.0. The average Bonchev–Trinajstić information content (AvgIpc) is 2.60. The van der Waals surface area contributed by atoms with Crippen molar-refractivity contribution < 1.29 is 14.6 Å². The summed E-state index contributed by atoms with van der Waals surface area (Å²) in [7, 11) is 1.91. The lowest BCUT2D eigenvalue weighted by atomic mass is 10.2. The molecule has 0 saturated heterocycles. The van der Waals surface area contributed by atoms with Gasteiger partial charge in [0.2, 0.25) is 5.91 Å². The predicted octanol–water partition coefficient (Wildman–Crippen LogP) is 2.66. The molecule has 24 heavy (non-hydrogen) atoms. The zero-order chi connectivity index (χ0) is 17.2. The molecule has 0 aliphatic rings. The molecule has 5 heteroatoms. The smallest absolute Gasteiger partial charge is 0.226 e. The number of anilines is 2. The third-order valence-electron chi connectivity index (χ3n) is 3.61. The van der Waals surface area contributed by atoms with Crippen LogP contribution in [0.15, 0.2) is 54.6 Å². The number of carbonyl (C=O) groups is 1. The number of hydrogen-bond acceptors (Lipinski definition) is 4. The molecule has 0 spiro atoms. The van der Waals surface area contributed by atoms with E-state index in [2.05, 4.69) is 5.32 Å². The van der Waals surface area contributed by atoms with Gasteiger partial charge in [0.05, 0.1) is 26.2 Å². The van der Waals surface area contributed by atoms with Crippen LogP contribution in [0.5, 0.6) is 0 Å². The monoisotopic (exact) mass is 328 g/mol.